The van der Waals surface area contributed by atoms with E-state index < -0.39 is 0 Å². The van der Waals surface area contributed by atoms with Crippen LogP contribution in [0, 0.1) is 0 Å². The summed E-state index contributed by atoms with van der Waals surface area (Å²) in [6.45, 7) is 1.92. The lowest BCUT2D eigenvalue weighted by atomic mass is 10.2. The van der Waals surface area contributed by atoms with Crippen molar-refractivity contribution in [3.63, 3.8) is 0 Å². The molecule has 1 aliphatic carbocycles. The van der Waals surface area contributed by atoms with Crippen LogP contribution in [0.15, 0.2) is 4.52 Å². The van der Waals surface area contributed by atoms with E-state index >= 15 is 0 Å². The Morgan fingerprint density at radius 2 is 2.47 bits per heavy atom. The average molecular weight is 210 g/mol. The van der Waals surface area contributed by atoms with Gasteiger partial charge in [0, 0.05) is 6.04 Å². The summed E-state index contributed by atoms with van der Waals surface area (Å²) in [4.78, 5) is 15.4. The Bertz CT molecular complexity index is 359. The largest absolute Gasteiger partial charge is 0.346 e. The highest BCUT2D eigenvalue weighted by Gasteiger charge is 2.26. The van der Waals surface area contributed by atoms with Gasteiger partial charge >= 0.3 is 0 Å². The molecule has 0 bridgehead atoms. The molecule has 0 saturated heterocycles. The smallest absolute Gasteiger partial charge is 0.292 e. The van der Waals surface area contributed by atoms with Crippen molar-refractivity contribution in [2.45, 2.75) is 38.3 Å². The summed E-state index contributed by atoms with van der Waals surface area (Å²) in [5, 5.41) is 6.36. The highest BCUT2D eigenvalue weighted by Crippen LogP contribution is 2.19. The summed E-state index contributed by atoms with van der Waals surface area (Å²) in [7, 11) is 0. The quantitative estimate of drug-likeness (QED) is 0.748. The lowest BCUT2D eigenvalue weighted by Gasteiger charge is -1.99. The Hall–Kier alpha value is -1.43. The van der Waals surface area contributed by atoms with Crippen molar-refractivity contribution < 1.29 is 9.32 Å². The predicted molar refractivity (Wildman–Crippen MR) is 52.0 cm³/mol. The number of aromatic nitrogens is 2. The second kappa shape index (κ2) is 3.98. The molecule has 3 N–H and O–H groups in total. The fourth-order valence-electron chi connectivity index (χ4n) is 1.13. The van der Waals surface area contributed by atoms with Crippen molar-refractivity contribution in [2.24, 2.45) is 5.73 Å². The first-order valence-electron chi connectivity index (χ1n) is 5.10. The second-order valence-electron chi connectivity index (χ2n) is 3.72. The van der Waals surface area contributed by atoms with Crippen LogP contribution >= 0.6 is 0 Å². The van der Waals surface area contributed by atoms with Gasteiger partial charge in [-0.25, -0.2) is 0 Å². The van der Waals surface area contributed by atoms with Crippen molar-refractivity contribution in [3.05, 3.63) is 11.7 Å². The first-order chi connectivity index (χ1) is 7.20. The van der Waals surface area contributed by atoms with Gasteiger partial charge in [0.15, 0.2) is 0 Å². The fraction of sp³-hybridized carbons (Fsp3) is 0.667. The normalized spacial score (nSPS) is 17.5. The summed E-state index contributed by atoms with van der Waals surface area (Å²) in [5.41, 5.74) is 5.69. The van der Waals surface area contributed by atoms with Gasteiger partial charge in [0.1, 0.15) is 0 Å². The highest BCUT2D eigenvalue weighted by atomic mass is 16.5. The van der Waals surface area contributed by atoms with E-state index in [0.29, 0.717) is 18.4 Å². The van der Waals surface area contributed by atoms with Crippen LogP contribution in [0.3, 0.4) is 0 Å². The Kier molecular flexibility index (Phi) is 2.68. The summed E-state index contributed by atoms with van der Waals surface area (Å²) >= 11 is 0. The van der Waals surface area contributed by atoms with Crippen molar-refractivity contribution in [2.75, 3.05) is 0 Å². The molecule has 1 amide bonds. The molecule has 2 rings (SSSR count). The van der Waals surface area contributed by atoms with Crippen LogP contribution in [-0.4, -0.2) is 22.1 Å². The number of hydrogen-bond acceptors (Lipinski definition) is 5. The van der Waals surface area contributed by atoms with Crippen LogP contribution in [0.1, 0.15) is 48.7 Å². The third-order valence-corrected chi connectivity index (χ3v) is 2.31. The molecule has 0 aromatic carbocycles. The lowest BCUT2D eigenvalue weighted by molar-refractivity contribution is 0.0937. The Morgan fingerprint density at radius 1 is 1.73 bits per heavy atom. The SMILES string of the molecule is CC[C@H](N)c1nc(C(=O)NC2CC2)no1. The van der Waals surface area contributed by atoms with Crippen LogP contribution in [0.25, 0.3) is 0 Å². The van der Waals surface area contributed by atoms with Gasteiger partial charge in [-0.1, -0.05) is 12.1 Å². The Morgan fingerprint density at radius 3 is 3.07 bits per heavy atom. The van der Waals surface area contributed by atoms with Gasteiger partial charge < -0.3 is 15.6 Å². The van der Waals surface area contributed by atoms with E-state index in [0.717, 1.165) is 12.8 Å². The minimum absolute atomic E-state index is 0.0702. The number of carbonyl (C=O) groups excluding carboxylic acids is 1. The molecule has 1 aromatic rings. The topological polar surface area (TPSA) is 94.0 Å². The van der Waals surface area contributed by atoms with E-state index in [1.807, 2.05) is 6.92 Å². The maximum Gasteiger partial charge on any atom is 0.292 e. The van der Waals surface area contributed by atoms with Gasteiger partial charge in [-0.3, -0.25) is 4.79 Å². The number of nitrogens with zero attached hydrogens (tertiary/aromatic N) is 2. The molecule has 6 nitrogen and oxygen atoms in total. The summed E-state index contributed by atoms with van der Waals surface area (Å²) in [6, 6.07) is -0.000673. The third kappa shape index (κ3) is 2.33. The number of hydrogen-bond donors (Lipinski definition) is 2. The number of nitrogens with two attached hydrogens (primary N) is 1. The molecule has 0 unspecified atom stereocenters. The van der Waals surface area contributed by atoms with Crippen LogP contribution in [0.5, 0.6) is 0 Å². The second-order valence-corrected chi connectivity index (χ2v) is 3.72. The van der Waals surface area contributed by atoms with Crippen molar-refractivity contribution in [3.8, 4) is 0 Å². The van der Waals surface area contributed by atoms with Crippen LogP contribution in [0.2, 0.25) is 0 Å². The minimum Gasteiger partial charge on any atom is -0.346 e. The molecule has 1 heterocycles. The molecule has 82 valence electrons. The van der Waals surface area contributed by atoms with E-state index in [2.05, 4.69) is 15.5 Å². The molecule has 1 fully saturated rings. The van der Waals surface area contributed by atoms with E-state index in [4.69, 9.17) is 10.3 Å². The van der Waals surface area contributed by atoms with Crippen LogP contribution < -0.4 is 11.1 Å². The predicted octanol–water partition coefficient (Wildman–Crippen LogP) is 0.372. The standard InChI is InChI=1S/C9H14N4O2/c1-2-6(10)9-12-7(13-15-9)8(14)11-5-3-4-5/h5-6H,2-4,10H2,1H3,(H,11,14)/t6-/m0/s1. The van der Waals surface area contributed by atoms with Crippen LogP contribution in [-0.2, 0) is 0 Å². The monoisotopic (exact) mass is 210 g/mol. The zero-order valence-electron chi connectivity index (χ0n) is 8.56. The van der Waals surface area contributed by atoms with E-state index in [9.17, 15) is 4.79 Å². The van der Waals surface area contributed by atoms with E-state index in [1.165, 1.54) is 0 Å². The molecule has 0 aliphatic heterocycles. The van der Waals surface area contributed by atoms with Gasteiger partial charge in [-0.15, -0.1) is 0 Å². The molecular weight excluding hydrogens is 196 g/mol. The zero-order chi connectivity index (χ0) is 10.8. The number of amides is 1. The molecule has 6 heteroatoms. The van der Waals surface area contributed by atoms with Crippen molar-refractivity contribution in [1.82, 2.24) is 15.5 Å². The molecule has 1 saturated carbocycles. The Labute approximate surface area is 87.2 Å². The van der Waals surface area contributed by atoms with Gasteiger partial charge in [-0.2, -0.15) is 4.98 Å². The highest BCUT2D eigenvalue weighted by molar-refractivity contribution is 5.90. The number of nitrogens with one attached hydrogen (secondary N) is 1. The molecule has 0 radical (unpaired) electrons. The average Bonchev–Trinajstić information content (AvgIpc) is 2.91. The van der Waals surface area contributed by atoms with Crippen LogP contribution in [0.4, 0.5) is 0 Å². The Balaban J connectivity index is 2.01. The first kappa shape index (κ1) is 10.1. The molecule has 1 aliphatic rings. The molecule has 1 atom stereocenters. The van der Waals surface area contributed by atoms with Gasteiger partial charge in [0.2, 0.25) is 5.89 Å². The molecular formula is C9H14N4O2. The first-order valence-corrected chi connectivity index (χ1v) is 5.10. The number of rotatable bonds is 4. The maximum atomic E-state index is 11.5. The van der Waals surface area contributed by atoms with Gasteiger partial charge in [0.05, 0.1) is 6.04 Å². The van der Waals surface area contributed by atoms with Crippen molar-refractivity contribution >= 4 is 5.91 Å². The number of carbonyl (C=O) groups is 1. The molecule has 15 heavy (non-hydrogen) atoms. The molecule has 1 aromatic heterocycles. The minimum atomic E-state index is -0.292. The van der Waals surface area contributed by atoms with Gasteiger partial charge in [-0.05, 0) is 19.3 Å². The third-order valence-electron chi connectivity index (χ3n) is 2.31. The summed E-state index contributed by atoms with van der Waals surface area (Å²) in [5.74, 6) is 0.107. The summed E-state index contributed by atoms with van der Waals surface area (Å²) in [6.07, 6.45) is 2.77. The van der Waals surface area contributed by atoms with E-state index in [-0.39, 0.29) is 17.8 Å². The van der Waals surface area contributed by atoms with Gasteiger partial charge in [0.25, 0.3) is 11.7 Å². The summed E-state index contributed by atoms with van der Waals surface area (Å²) < 4.78 is 4.89. The maximum absolute atomic E-state index is 11.5. The molecule has 0 spiro atoms. The van der Waals surface area contributed by atoms with Crippen molar-refractivity contribution in [1.29, 1.82) is 0 Å². The lowest BCUT2D eigenvalue weighted by Crippen LogP contribution is -2.26. The van der Waals surface area contributed by atoms with E-state index in [1.54, 1.807) is 0 Å². The fourth-order valence-corrected chi connectivity index (χ4v) is 1.13. The zero-order valence-corrected chi connectivity index (χ0v) is 8.56.